The van der Waals surface area contributed by atoms with Crippen LogP contribution in [0.5, 0.6) is 0 Å². The first-order valence-corrected chi connectivity index (χ1v) is 8.86. The number of aryl methyl sites for hydroxylation is 1. The van der Waals surface area contributed by atoms with Crippen LogP contribution in [0, 0.1) is 6.92 Å². The number of carbonyl (C=O) groups excluding carboxylic acids is 1. The highest BCUT2D eigenvalue weighted by atomic mass is 31.1. The van der Waals surface area contributed by atoms with E-state index < -0.39 is 13.8 Å². The van der Waals surface area contributed by atoms with Gasteiger partial charge in [-0.25, -0.2) is 4.79 Å². The molecule has 1 unspecified atom stereocenters. The van der Waals surface area contributed by atoms with E-state index in [0.717, 1.165) is 29.4 Å². The summed E-state index contributed by atoms with van der Waals surface area (Å²) in [6.45, 7) is 1.93. The van der Waals surface area contributed by atoms with Crippen LogP contribution in [0.2, 0.25) is 0 Å². The zero-order valence-corrected chi connectivity index (χ0v) is 13.5. The van der Waals surface area contributed by atoms with Gasteiger partial charge in [0.2, 0.25) is 0 Å². The average molecular weight is 314 g/mol. The SMILES string of the molecule is Cc1ccccc1N(C(N)=O)c1ccccc1[PH](=O)C1CC1. The molecule has 2 aromatic rings. The maximum atomic E-state index is 12.7. The summed E-state index contributed by atoms with van der Waals surface area (Å²) < 4.78 is 12.7. The fourth-order valence-electron chi connectivity index (χ4n) is 2.62. The summed E-state index contributed by atoms with van der Waals surface area (Å²) in [6, 6.07) is 14.4. The second-order valence-corrected chi connectivity index (χ2v) is 7.70. The lowest BCUT2D eigenvalue weighted by molar-refractivity contribution is 0.256. The van der Waals surface area contributed by atoms with Crippen LogP contribution in [0.4, 0.5) is 16.2 Å². The number of carbonyl (C=O) groups is 1. The van der Waals surface area contributed by atoms with E-state index in [2.05, 4.69) is 0 Å². The first-order chi connectivity index (χ1) is 10.6. The monoisotopic (exact) mass is 314 g/mol. The van der Waals surface area contributed by atoms with Crippen molar-refractivity contribution >= 4 is 30.5 Å². The van der Waals surface area contributed by atoms with Gasteiger partial charge >= 0.3 is 6.03 Å². The van der Waals surface area contributed by atoms with Crippen LogP contribution in [0.15, 0.2) is 48.5 Å². The van der Waals surface area contributed by atoms with E-state index in [1.807, 2.05) is 55.5 Å². The van der Waals surface area contributed by atoms with Crippen molar-refractivity contribution in [2.45, 2.75) is 25.4 Å². The maximum Gasteiger partial charge on any atom is 0.323 e. The smallest absolute Gasteiger partial charge is 0.323 e. The molecule has 3 rings (SSSR count). The average Bonchev–Trinajstić information content (AvgIpc) is 3.34. The van der Waals surface area contributed by atoms with Crippen molar-refractivity contribution in [1.82, 2.24) is 0 Å². The molecule has 1 atom stereocenters. The van der Waals surface area contributed by atoms with Gasteiger partial charge in [0.1, 0.15) is 7.80 Å². The van der Waals surface area contributed by atoms with Crippen molar-refractivity contribution in [2.75, 3.05) is 4.90 Å². The van der Waals surface area contributed by atoms with Gasteiger partial charge in [-0.3, -0.25) is 4.90 Å². The van der Waals surface area contributed by atoms with Crippen LogP contribution in [0.25, 0.3) is 0 Å². The molecular formula is C17H19N2O2P. The lowest BCUT2D eigenvalue weighted by atomic mass is 10.1. The van der Waals surface area contributed by atoms with E-state index in [0.29, 0.717) is 5.69 Å². The summed E-state index contributed by atoms with van der Waals surface area (Å²) in [5.41, 5.74) is 8.22. The van der Waals surface area contributed by atoms with Crippen molar-refractivity contribution in [1.29, 1.82) is 0 Å². The molecule has 0 saturated heterocycles. The topological polar surface area (TPSA) is 63.4 Å². The Morgan fingerprint density at radius 3 is 2.27 bits per heavy atom. The Hall–Kier alpha value is -2.06. The lowest BCUT2D eigenvalue weighted by Gasteiger charge is -2.24. The molecule has 2 amide bonds. The Bertz CT molecular complexity index is 741. The van der Waals surface area contributed by atoms with Gasteiger partial charge in [-0.2, -0.15) is 0 Å². The Kier molecular flexibility index (Phi) is 4.04. The van der Waals surface area contributed by atoms with Crippen LogP contribution in [-0.2, 0) is 4.57 Å². The minimum Gasteiger partial charge on any atom is -0.351 e. The molecule has 1 fully saturated rings. The number of para-hydroxylation sites is 2. The number of hydrogen-bond donors (Lipinski definition) is 1. The zero-order valence-electron chi connectivity index (χ0n) is 12.5. The van der Waals surface area contributed by atoms with Crippen LogP contribution in [-0.4, -0.2) is 11.7 Å². The molecule has 1 aliphatic rings. The normalized spacial score (nSPS) is 15.3. The Labute approximate surface area is 130 Å². The van der Waals surface area contributed by atoms with Crippen molar-refractivity contribution in [3.63, 3.8) is 0 Å². The fourth-order valence-corrected chi connectivity index (χ4v) is 4.46. The molecule has 0 heterocycles. The lowest BCUT2D eigenvalue weighted by Crippen LogP contribution is -2.34. The molecule has 0 aliphatic heterocycles. The number of benzene rings is 2. The number of nitrogens with two attached hydrogens (primary N) is 1. The van der Waals surface area contributed by atoms with Gasteiger partial charge in [-0.1, -0.05) is 30.3 Å². The fraction of sp³-hybridized carbons (Fsp3) is 0.235. The summed E-state index contributed by atoms with van der Waals surface area (Å²) in [5, 5.41) is 0.747. The standard InChI is InChI=1S/C17H19N2O2P/c1-12-6-2-3-7-14(12)19(17(18)20)15-8-4-5-9-16(15)22(21)13-10-11-13/h2-9,13,22H,10-11H2,1H3,(H2,18,20). The van der Waals surface area contributed by atoms with Crippen molar-refractivity contribution in [2.24, 2.45) is 5.73 Å². The van der Waals surface area contributed by atoms with Gasteiger partial charge in [0.05, 0.1) is 11.4 Å². The first-order valence-electron chi connectivity index (χ1n) is 7.38. The minimum atomic E-state index is -1.90. The van der Waals surface area contributed by atoms with Crippen molar-refractivity contribution in [3.05, 3.63) is 54.1 Å². The van der Waals surface area contributed by atoms with E-state index in [4.69, 9.17) is 5.73 Å². The number of primary amides is 1. The predicted molar refractivity (Wildman–Crippen MR) is 91.0 cm³/mol. The van der Waals surface area contributed by atoms with Crippen LogP contribution in [0.3, 0.4) is 0 Å². The molecule has 1 aliphatic carbocycles. The van der Waals surface area contributed by atoms with Gasteiger partial charge in [0.25, 0.3) is 0 Å². The first kappa shape index (κ1) is 14.9. The van der Waals surface area contributed by atoms with Crippen LogP contribution < -0.4 is 15.9 Å². The largest absolute Gasteiger partial charge is 0.351 e. The molecule has 114 valence electrons. The second kappa shape index (κ2) is 5.98. The number of rotatable bonds is 4. The number of nitrogens with zero attached hydrogens (tertiary/aromatic N) is 1. The molecule has 0 radical (unpaired) electrons. The van der Waals surface area contributed by atoms with Crippen molar-refractivity contribution < 1.29 is 9.36 Å². The summed E-state index contributed by atoms with van der Waals surface area (Å²) in [5.74, 6) is 0. The van der Waals surface area contributed by atoms with Crippen LogP contribution in [0.1, 0.15) is 18.4 Å². The Balaban J connectivity index is 2.12. The third-order valence-electron chi connectivity index (χ3n) is 3.94. The van der Waals surface area contributed by atoms with Gasteiger partial charge < -0.3 is 10.3 Å². The quantitative estimate of drug-likeness (QED) is 0.877. The van der Waals surface area contributed by atoms with E-state index in [1.54, 1.807) is 0 Å². The summed E-state index contributed by atoms with van der Waals surface area (Å²) >= 11 is 0. The zero-order chi connectivity index (χ0) is 15.7. The molecule has 4 nitrogen and oxygen atoms in total. The molecule has 22 heavy (non-hydrogen) atoms. The predicted octanol–water partition coefficient (Wildman–Crippen LogP) is 3.56. The minimum absolute atomic E-state index is 0.276. The highest BCUT2D eigenvalue weighted by Crippen LogP contribution is 2.46. The van der Waals surface area contributed by atoms with E-state index >= 15 is 0 Å². The molecule has 0 bridgehead atoms. The number of hydrogen-bond acceptors (Lipinski definition) is 2. The van der Waals surface area contributed by atoms with Gasteiger partial charge in [-0.05, 0) is 43.5 Å². The molecule has 0 spiro atoms. The third-order valence-corrected chi connectivity index (χ3v) is 6.21. The van der Waals surface area contributed by atoms with Gasteiger partial charge in [0.15, 0.2) is 0 Å². The Morgan fingerprint density at radius 2 is 1.68 bits per heavy atom. The second-order valence-electron chi connectivity index (χ2n) is 5.62. The third kappa shape index (κ3) is 2.79. The summed E-state index contributed by atoms with van der Waals surface area (Å²) in [6.07, 6.45) is 2.01. The molecule has 0 aromatic heterocycles. The molecule has 5 heteroatoms. The number of anilines is 2. The highest BCUT2D eigenvalue weighted by Gasteiger charge is 2.32. The summed E-state index contributed by atoms with van der Waals surface area (Å²) in [4.78, 5) is 13.5. The number of urea groups is 1. The molecular weight excluding hydrogens is 295 g/mol. The molecule has 2 N–H and O–H groups in total. The van der Waals surface area contributed by atoms with E-state index in [-0.39, 0.29) is 5.66 Å². The molecule has 2 aromatic carbocycles. The Morgan fingerprint density at radius 1 is 1.09 bits per heavy atom. The van der Waals surface area contributed by atoms with E-state index in [1.165, 1.54) is 4.90 Å². The number of amides is 2. The van der Waals surface area contributed by atoms with Gasteiger partial charge in [0, 0.05) is 11.0 Å². The van der Waals surface area contributed by atoms with Crippen molar-refractivity contribution in [3.8, 4) is 0 Å². The molecule has 1 saturated carbocycles. The van der Waals surface area contributed by atoms with Crippen LogP contribution >= 0.6 is 7.80 Å². The highest BCUT2D eigenvalue weighted by molar-refractivity contribution is 7.55. The van der Waals surface area contributed by atoms with Gasteiger partial charge in [-0.15, -0.1) is 0 Å². The maximum absolute atomic E-state index is 12.7. The summed E-state index contributed by atoms with van der Waals surface area (Å²) in [7, 11) is -1.90. The van der Waals surface area contributed by atoms with E-state index in [9.17, 15) is 9.36 Å².